The number of rotatable bonds is 6. The van der Waals surface area contributed by atoms with E-state index in [1.807, 2.05) is 29.2 Å². The summed E-state index contributed by atoms with van der Waals surface area (Å²) in [5.41, 5.74) is 1.16. The lowest BCUT2D eigenvalue weighted by atomic mass is 10.2. The molecule has 1 aromatic heterocycles. The van der Waals surface area contributed by atoms with Gasteiger partial charge in [-0.25, -0.2) is 12.8 Å². The van der Waals surface area contributed by atoms with Crippen LogP contribution in [0.2, 0.25) is 0 Å². The number of oxazole rings is 1. The highest BCUT2D eigenvalue weighted by atomic mass is 32.2. The highest BCUT2D eigenvalue weighted by Crippen LogP contribution is 2.36. The van der Waals surface area contributed by atoms with E-state index in [4.69, 9.17) is 9.15 Å². The van der Waals surface area contributed by atoms with Gasteiger partial charge < -0.3 is 19.0 Å². The summed E-state index contributed by atoms with van der Waals surface area (Å²) in [5.74, 6) is 0.311. The Balaban J connectivity index is 1.49. The second kappa shape index (κ2) is 9.42. The third-order valence-electron chi connectivity index (χ3n) is 6.00. The normalized spacial score (nSPS) is 14.2. The molecule has 0 bridgehead atoms. The van der Waals surface area contributed by atoms with Gasteiger partial charge in [0, 0.05) is 31.9 Å². The lowest BCUT2D eigenvalue weighted by molar-refractivity contribution is 0.415. The van der Waals surface area contributed by atoms with Crippen molar-refractivity contribution in [3.8, 4) is 17.2 Å². The predicted octanol–water partition coefficient (Wildman–Crippen LogP) is 4.65. The first-order valence-corrected chi connectivity index (χ1v) is 12.7. The van der Waals surface area contributed by atoms with Gasteiger partial charge in [-0.2, -0.15) is 4.98 Å². The molecule has 0 amide bonds. The van der Waals surface area contributed by atoms with Gasteiger partial charge in [-0.05, 0) is 48.5 Å². The molecule has 0 aliphatic carbocycles. The van der Waals surface area contributed by atoms with Crippen molar-refractivity contribution < 1.29 is 22.0 Å². The van der Waals surface area contributed by atoms with E-state index in [0.717, 1.165) is 11.4 Å². The van der Waals surface area contributed by atoms with Crippen molar-refractivity contribution in [2.45, 2.75) is 9.92 Å². The molecule has 0 atom stereocenters. The van der Waals surface area contributed by atoms with Crippen LogP contribution in [0, 0.1) is 5.82 Å². The quantitative estimate of drug-likeness (QED) is 0.387. The zero-order valence-corrected chi connectivity index (χ0v) is 19.9. The first-order chi connectivity index (χ1) is 17.0. The van der Waals surface area contributed by atoms with Gasteiger partial charge >= 0.3 is 0 Å². The minimum atomic E-state index is -3.99. The number of benzene rings is 3. The molecule has 180 valence electrons. The highest BCUT2D eigenvalue weighted by Gasteiger charge is 2.33. The Bertz CT molecular complexity index is 1410. The van der Waals surface area contributed by atoms with E-state index in [-0.39, 0.29) is 27.3 Å². The standard InChI is InChI=1S/C26H24FN3O4S/c1-33-20-13-11-19(12-14-20)29-15-17-30(18-16-29)26-25(35(31,32)21-7-3-2-4-8-21)28-24(34-26)22-9-5-6-10-23(22)27/h2-14H,15-18H2,1H3. The number of hydrogen-bond acceptors (Lipinski definition) is 7. The molecule has 0 spiro atoms. The molecule has 0 radical (unpaired) electrons. The van der Waals surface area contributed by atoms with Gasteiger partial charge in [0.25, 0.3) is 0 Å². The Kier molecular flexibility index (Phi) is 6.17. The summed E-state index contributed by atoms with van der Waals surface area (Å²) >= 11 is 0. The van der Waals surface area contributed by atoms with Crippen molar-refractivity contribution in [1.29, 1.82) is 0 Å². The van der Waals surface area contributed by atoms with Crippen LogP contribution in [0.3, 0.4) is 0 Å². The molecule has 5 rings (SSSR count). The molecule has 4 aromatic rings. The molecule has 1 saturated heterocycles. The fourth-order valence-corrected chi connectivity index (χ4v) is 5.44. The largest absolute Gasteiger partial charge is 0.497 e. The Morgan fingerprint density at radius 2 is 1.49 bits per heavy atom. The Labute approximate surface area is 203 Å². The summed E-state index contributed by atoms with van der Waals surface area (Å²) in [5, 5.41) is -0.208. The smallest absolute Gasteiger partial charge is 0.236 e. The van der Waals surface area contributed by atoms with Crippen LogP contribution in [0.4, 0.5) is 16.0 Å². The van der Waals surface area contributed by atoms with Gasteiger partial charge in [-0.3, -0.25) is 0 Å². The Morgan fingerprint density at radius 3 is 2.14 bits per heavy atom. The SMILES string of the molecule is COc1ccc(N2CCN(c3oc(-c4ccccc4F)nc3S(=O)(=O)c3ccccc3)CC2)cc1. The molecule has 7 nitrogen and oxygen atoms in total. The van der Waals surface area contributed by atoms with Crippen LogP contribution in [0.15, 0.2) is 93.2 Å². The fourth-order valence-electron chi connectivity index (χ4n) is 4.09. The molecule has 9 heteroatoms. The number of aromatic nitrogens is 1. The molecule has 0 unspecified atom stereocenters. The van der Waals surface area contributed by atoms with Crippen LogP contribution < -0.4 is 14.5 Å². The van der Waals surface area contributed by atoms with E-state index in [1.54, 1.807) is 37.4 Å². The summed E-state index contributed by atoms with van der Waals surface area (Å²) in [6.07, 6.45) is 0. The lowest BCUT2D eigenvalue weighted by Crippen LogP contribution is -2.46. The second-order valence-corrected chi connectivity index (χ2v) is 9.96. The average molecular weight is 494 g/mol. The zero-order valence-electron chi connectivity index (χ0n) is 19.1. The number of halogens is 1. The minimum Gasteiger partial charge on any atom is -0.497 e. The van der Waals surface area contributed by atoms with Gasteiger partial charge in [-0.15, -0.1) is 0 Å². The second-order valence-electron chi connectivity index (χ2n) is 8.10. The molecule has 35 heavy (non-hydrogen) atoms. The third kappa shape index (κ3) is 4.46. The molecular formula is C26H24FN3O4S. The van der Waals surface area contributed by atoms with Gasteiger partial charge in [0.05, 0.1) is 17.6 Å². The summed E-state index contributed by atoms with van der Waals surface area (Å²) in [7, 11) is -2.36. The van der Waals surface area contributed by atoms with E-state index in [9.17, 15) is 12.8 Å². The van der Waals surface area contributed by atoms with Crippen LogP contribution in [0.1, 0.15) is 0 Å². The maximum Gasteiger partial charge on any atom is 0.236 e. The van der Waals surface area contributed by atoms with Crippen molar-refractivity contribution in [2.75, 3.05) is 43.1 Å². The van der Waals surface area contributed by atoms with Gasteiger partial charge in [0.2, 0.25) is 26.6 Å². The van der Waals surface area contributed by atoms with E-state index in [0.29, 0.717) is 26.2 Å². The first kappa shape index (κ1) is 22.9. The van der Waals surface area contributed by atoms with Crippen LogP contribution >= 0.6 is 0 Å². The van der Waals surface area contributed by atoms with Crippen LogP contribution in [-0.4, -0.2) is 46.7 Å². The van der Waals surface area contributed by atoms with Crippen LogP contribution in [-0.2, 0) is 9.84 Å². The minimum absolute atomic E-state index is 0.0646. The predicted molar refractivity (Wildman–Crippen MR) is 131 cm³/mol. The van der Waals surface area contributed by atoms with E-state index in [1.165, 1.54) is 24.3 Å². The topological polar surface area (TPSA) is 75.9 Å². The summed E-state index contributed by atoms with van der Waals surface area (Å²) in [4.78, 5) is 8.46. The maximum absolute atomic E-state index is 14.5. The molecule has 2 heterocycles. The lowest BCUT2D eigenvalue weighted by Gasteiger charge is -2.36. The van der Waals surface area contributed by atoms with E-state index < -0.39 is 15.7 Å². The van der Waals surface area contributed by atoms with Crippen molar-refractivity contribution in [3.05, 3.63) is 84.7 Å². The number of anilines is 2. The summed E-state index contributed by atoms with van der Waals surface area (Å²) in [6, 6.07) is 21.9. The first-order valence-electron chi connectivity index (χ1n) is 11.2. The summed E-state index contributed by atoms with van der Waals surface area (Å²) in [6.45, 7) is 2.31. The zero-order chi connectivity index (χ0) is 24.4. The Hall–Kier alpha value is -3.85. The van der Waals surface area contributed by atoms with Crippen molar-refractivity contribution in [1.82, 2.24) is 4.98 Å². The van der Waals surface area contributed by atoms with E-state index in [2.05, 4.69) is 9.88 Å². The molecule has 1 aliphatic rings. The third-order valence-corrected chi connectivity index (χ3v) is 7.66. The highest BCUT2D eigenvalue weighted by molar-refractivity contribution is 7.91. The molecule has 0 saturated carbocycles. The maximum atomic E-state index is 14.5. The van der Waals surface area contributed by atoms with E-state index >= 15 is 0 Å². The number of methoxy groups -OCH3 is 1. The van der Waals surface area contributed by atoms with Crippen molar-refractivity contribution in [3.63, 3.8) is 0 Å². The van der Waals surface area contributed by atoms with Crippen LogP contribution in [0.5, 0.6) is 5.75 Å². The number of ether oxygens (including phenoxy) is 1. The molecule has 1 fully saturated rings. The van der Waals surface area contributed by atoms with Gasteiger partial charge in [0.15, 0.2) is 0 Å². The monoisotopic (exact) mass is 493 g/mol. The van der Waals surface area contributed by atoms with Crippen molar-refractivity contribution in [2.24, 2.45) is 0 Å². The fraction of sp³-hybridized carbons (Fsp3) is 0.192. The molecular weight excluding hydrogens is 469 g/mol. The van der Waals surface area contributed by atoms with Crippen LogP contribution in [0.25, 0.3) is 11.5 Å². The molecule has 1 aliphatic heterocycles. The molecule has 3 aromatic carbocycles. The Morgan fingerprint density at radius 1 is 0.857 bits per heavy atom. The van der Waals surface area contributed by atoms with Gasteiger partial charge in [0.1, 0.15) is 11.6 Å². The number of nitrogens with zero attached hydrogens (tertiary/aromatic N) is 3. The van der Waals surface area contributed by atoms with Crippen molar-refractivity contribution >= 4 is 21.4 Å². The number of sulfone groups is 1. The molecule has 0 N–H and O–H groups in total. The summed E-state index contributed by atoms with van der Waals surface area (Å²) < 4.78 is 52.7. The van der Waals surface area contributed by atoms with Gasteiger partial charge in [-0.1, -0.05) is 30.3 Å². The average Bonchev–Trinajstić information content (AvgIpc) is 3.36. The number of hydrogen-bond donors (Lipinski definition) is 0. The number of piperazine rings is 1.